The van der Waals surface area contributed by atoms with Crippen LogP contribution >= 0.6 is 11.3 Å². The van der Waals surface area contributed by atoms with Gasteiger partial charge in [-0.1, -0.05) is 6.07 Å². The third-order valence-corrected chi connectivity index (χ3v) is 4.88. The Kier molecular flexibility index (Phi) is 5.30. The van der Waals surface area contributed by atoms with Crippen LogP contribution in [0.2, 0.25) is 0 Å². The standard InChI is InChI=1S/C17H23N5OS/c1-13-4-3-5-16(19-13)22-8-6-14(7-9-22)20-17(23)21(2)10-15-11-24-12-18-15/h3-5,11-12,14H,6-10H2,1-2H3,(H,20,23). The number of carbonyl (C=O) groups is 1. The smallest absolute Gasteiger partial charge is 0.317 e. The van der Waals surface area contributed by atoms with Gasteiger partial charge >= 0.3 is 6.03 Å². The van der Waals surface area contributed by atoms with E-state index in [4.69, 9.17) is 0 Å². The number of rotatable bonds is 4. The highest BCUT2D eigenvalue weighted by atomic mass is 32.1. The summed E-state index contributed by atoms with van der Waals surface area (Å²) in [7, 11) is 1.81. The van der Waals surface area contributed by atoms with Gasteiger partial charge < -0.3 is 15.1 Å². The van der Waals surface area contributed by atoms with E-state index in [0.717, 1.165) is 43.1 Å². The van der Waals surface area contributed by atoms with Crippen LogP contribution in [0.3, 0.4) is 0 Å². The van der Waals surface area contributed by atoms with Crippen LogP contribution in [0.5, 0.6) is 0 Å². The predicted molar refractivity (Wildman–Crippen MR) is 96.3 cm³/mol. The molecule has 0 spiro atoms. The average molecular weight is 345 g/mol. The molecule has 0 unspecified atom stereocenters. The van der Waals surface area contributed by atoms with Crippen molar-refractivity contribution in [2.24, 2.45) is 0 Å². The Morgan fingerprint density at radius 1 is 1.42 bits per heavy atom. The monoisotopic (exact) mass is 345 g/mol. The number of aryl methyl sites for hydroxylation is 1. The van der Waals surface area contributed by atoms with Crippen molar-refractivity contribution < 1.29 is 4.79 Å². The second-order valence-electron chi connectivity index (χ2n) is 6.18. The lowest BCUT2D eigenvalue weighted by molar-refractivity contribution is 0.199. The van der Waals surface area contributed by atoms with E-state index < -0.39 is 0 Å². The van der Waals surface area contributed by atoms with Crippen molar-refractivity contribution in [2.45, 2.75) is 32.4 Å². The Balaban J connectivity index is 1.47. The molecular weight excluding hydrogens is 322 g/mol. The first-order valence-electron chi connectivity index (χ1n) is 8.19. The first-order chi connectivity index (χ1) is 11.6. The van der Waals surface area contributed by atoms with Gasteiger partial charge in [-0.05, 0) is 31.9 Å². The minimum absolute atomic E-state index is 0.0323. The van der Waals surface area contributed by atoms with E-state index in [1.54, 1.807) is 28.8 Å². The number of nitrogens with one attached hydrogen (secondary N) is 1. The van der Waals surface area contributed by atoms with E-state index in [1.165, 1.54) is 0 Å². The lowest BCUT2D eigenvalue weighted by Crippen LogP contribution is -2.48. The highest BCUT2D eigenvalue weighted by Crippen LogP contribution is 2.18. The number of nitrogens with zero attached hydrogens (tertiary/aromatic N) is 4. The van der Waals surface area contributed by atoms with E-state index >= 15 is 0 Å². The molecule has 1 fully saturated rings. The molecule has 0 radical (unpaired) electrons. The van der Waals surface area contributed by atoms with E-state index in [9.17, 15) is 4.79 Å². The summed E-state index contributed by atoms with van der Waals surface area (Å²) in [5.41, 5.74) is 3.75. The summed E-state index contributed by atoms with van der Waals surface area (Å²) < 4.78 is 0. The van der Waals surface area contributed by atoms with E-state index in [2.05, 4.69) is 20.2 Å². The fourth-order valence-corrected chi connectivity index (χ4v) is 3.42. The molecule has 2 aromatic rings. The number of amides is 2. The van der Waals surface area contributed by atoms with Crippen molar-refractivity contribution in [2.75, 3.05) is 25.0 Å². The molecule has 1 saturated heterocycles. The maximum atomic E-state index is 12.3. The number of aromatic nitrogens is 2. The molecule has 2 aromatic heterocycles. The molecule has 0 aliphatic carbocycles. The molecule has 0 aromatic carbocycles. The lowest BCUT2D eigenvalue weighted by atomic mass is 10.1. The number of anilines is 1. The minimum Gasteiger partial charge on any atom is -0.356 e. The van der Waals surface area contributed by atoms with E-state index in [-0.39, 0.29) is 12.1 Å². The Hall–Kier alpha value is -2.15. The van der Waals surface area contributed by atoms with Crippen LogP contribution in [0.4, 0.5) is 10.6 Å². The van der Waals surface area contributed by atoms with Crippen molar-refractivity contribution in [1.82, 2.24) is 20.2 Å². The molecule has 1 aliphatic heterocycles. The molecule has 7 heteroatoms. The van der Waals surface area contributed by atoms with Crippen molar-refractivity contribution >= 4 is 23.2 Å². The third-order valence-electron chi connectivity index (χ3n) is 4.25. The van der Waals surface area contributed by atoms with Gasteiger partial charge in [0.1, 0.15) is 5.82 Å². The number of pyridine rings is 1. The van der Waals surface area contributed by atoms with Crippen LogP contribution < -0.4 is 10.2 Å². The predicted octanol–water partition coefficient (Wildman–Crippen LogP) is 2.66. The first-order valence-corrected chi connectivity index (χ1v) is 9.13. The van der Waals surface area contributed by atoms with Crippen LogP contribution in [0.25, 0.3) is 0 Å². The molecule has 2 amide bonds. The van der Waals surface area contributed by atoms with Crippen LogP contribution in [0, 0.1) is 6.92 Å². The number of urea groups is 1. The topological polar surface area (TPSA) is 61.4 Å². The summed E-state index contributed by atoms with van der Waals surface area (Å²) in [6.45, 7) is 4.38. The van der Waals surface area contributed by atoms with Crippen molar-refractivity contribution in [3.05, 3.63) is 40.5 Å². The maximum Gasteiger partial charge on any atom is 0.317 e. The summed E-state index contributed by atoms with van der Waals surface area (Å²) in [6, 6.07) is 6.29. The molecule has 3 heterocycles. The van der Waals surface area contributed by atoms with Gasteiger partial charge in [-0.15, -0.1) is 11.3 Å². The zero-order valence-corrected chi connectivity index (χ0v) is 14.9. The van der Waals surface area contributed by atoms with Gasteiger partial charge in [-0.25, -0.2) is 14.8 Å². The SMILES string of the molecule is Cc1cccc(N2CCC(NC(=O)N(C)Cc3cscn3)CC2)n1. The zero-order chi connectivity index (χ0) is 16.9. The molecule has 1 N–H and O–H groups in total. The van der Waals surface area contributed by atoms with Gasteiger partial charge in [0.25, 0.3) is 0 Å². The van der Waals surface area contributed by atoms with Crippen molar-refractivity contribution in [3.63, 3.8) is 0 Å². The van der Waals surface area contributed by atoms with Crippen molar-refractivity contribution in [1.29, 1.82) is 0 Å². The second kappa shape index (κ2) is 7.61. The molecule has 0 saturated carbocycles. The van der Waals surface area contributed by atoms with Gasteiger partial charge in [0, 0.05) is 37.3 Å². The van der Waals surface area contributed by atoms with Crippen LogP contribution in [-0.2, 0) is 6.54 Å². The fourth-order valence-electron chi connectivity index (χ4n) is 2.87. The van der Waals surface area contributed by atoms with Gasteiger partial charge in [0.2, 0.25) is 0 Å². The lowest BCUT2D eigenvalue weighted by Gasteiger charge is -2.34. The van der Waals surface area contributed by atoms with Gasteiger partial charge in [-0.2, -0.15) is 0 Å². The third kappa shape index (κ3) is 4.23. The molecular formula is C17H23N5OS. The van der Waals surface area contributed by atoms with Crippen molar-refractivity contribution in [3.8, 4) is 0 Å². The Morgan fingerprint density at radius 2 is 2.21 bits per heavy atom. The van der Waals surface area contributed by atoms with Gasteiger partial charge in [-0.3, -0.25) is 0 Å². The number of hydrogen-bond acceptors (Lipinski definition) is 5. The first kappa shape index (κ1) is 16.7. The second-order valence-corrected chi connectivity index (χ2v) is 6.90. The summed E-state index contributed by atoms with van der Waals surface area (Å²) >= 11 is 1.55. The summed E-state index contributed by atoms with van der Waals surface area (Å²) in [4.78, 5) is 25.1. The van der Waals surface area contributed by atoms with E-state index in [0.29, 0.717) is 6.54 Å². The maximum absolute atomic E-state index is 12.3. The number of carbonyl (C=O) groups excluding carboxylic acids is 1. The van der Waals surface area contributed by atoms with Gasteiger partial charge in [0.05, 0.1) is 17.7 Å². The molecule has 0 atom stereocenters. The fraction of sp³-hybridized carbons (Fsp3) is 0.471. The molecule has 3 rings (SSSR count). The Morgan fingerprint density at radius 3 is 2.88 bits per heavy atom. The number of piperidine rings is 1. The molecule has 24 heavy (non-hydrogen) atoms. The average Bonchev–Trinajstić information content (AvgIpc) is 3.08. The quantitative estimate of drug-likeness (QED) is 0.925. The highest BCUT2D eigenvalue weighted by molar-refractivity contribution is 7.07. The molecule has 1 aliphatic rings. The van der Waals surface area contributed by atoms with Crippen LogP contribution in [0.1, 0.15) is 24.2 Å². The largest absolute Gasteiger partial charge is 0.356 e. The Bertz CT molecular complexity index is 667. The summed E-state index contributed by atoms with van der Waals surface area (Å²) in [5.74, 6) is 1.03. The normalized spacial score (nSPS) is 15.3. The zero-order valence-electron chi connectivity index (χ0n) is 14.1. The van der Waals surface area contributed by atoms with E-state index in [1.807, 2.05) is 30.5 Å². The highest BCUT2D eigenvalue weighted by Gasteiger charge is 2.22. The minimum atomic E-state index is -0.0323. The number of hydrogen-bond donors (Lipinski definition) is 1. The molecule has 128 valence electrons. The molecule has 0 bridgehead atoms. The van der Waals surface area contributed by atoms with Crippen LogP contribution in [0.15, 0.2) is 29.1 Å². The molecule has 6 nitrogen and oxygen atoms in total. The summed E-state index contributed by atoms with van der Waals surface area (Å²) in [5, 5.41) is 5.10. The Labute approximate surface area is 146 Å². The number of thiazole rings is 1. The van der Waals surface area contributed by atoms with Crippen LogP contribution in [-0.4, -0.2) is 47.1 Å². The summed E-state index contributed by atoms with van der Waals surface area (Å²) in [6.07, 6.45) is 1.87. The van der Waals surface area contributed by atoms with Gasteiger partial charge in [0.15, 0.2) is 0 Å².